The molecule has 2 amide bonds. The van der Waals surface area contributed by atoms with Crippen LogP contribution in [0.4, 0.5) is 18.0 Å². The molecule has 0 atom stereocenters. The number of hydrogen-bond acceptors (Lipinski definition) is 5. The van der Waals surface area contributed by atoms with Crippen LogP contribution in [0.25, 0.3) is 6.08 Å². The molecule has 1 saturated heterocycles. The summed E-state index contributed by atoms with van der Waals surface area (Å²) in [7, 11) is 0. The van der Waals surface area contributed by atoms with Crippen molar-refractivity contribution in [1.82, 2.24) is 9.88 Å². The monoisotopic (exact) mass is 382 g/mol. The van der Waals surface area contributed by atoms with Crippen LogP contribution in [0, 0.1) is 17.5 Å². The van der Waals surface area contributed by atoms with Gasteiger partial charge in [0.25, 0.3) is 11.1 Å². The second-order valence-corrected chi connectivity index (χ2v) is 6.24. The Morgan fingerprint density at radius 3 is 2.54 bits per heavy atom. The van der Waals surface area contributed by atoms with E-state index in [4.69, 9.17) is 0 Å². The van der Waals surface area contributed by atoms with Crippen LogP contribution in [0.15, 0.2) is 34.1 Å². The number of nitrogens with zero attached hydrogens (tertiary/aromatic N) is 1. The number of benzene rings is 1. The number of amides is 2. The number of aromatic amines is 1. The minimum absolute atomic E-state index is 0.154. The summed E-state index contributed by atoms with van der Waals surface area (Å²) in [6, 6.07) is 2.91. The van der Waals surface area contributed by atoms with Gasteiger partial charge >= 0.3 is 0 Å². The molecule has 1 fully saturated rings. The van der Waals surface area contributed by atoms with Gasteiger partial charge in [0.15, 0.2) is 17.4 Å². The Labute approximate surface area is 147 Å². The molecule has 6 nitrogen and oxygen atoms in total. The van der Waals surface area contributed by atoms with Crippen LogP contribution >= 0.6 is 11.8 Å². The van der Waals surface area contributed by atoms with E-state index in [0.29, 0.717) is 17.3 Å². The third-order valence-corrected chi connectivity index (χ3v) is 4.43. The molecule has 10 heteroatoms. The molecule has 1 aliphatic heterocycles. The molecular weight excluding hydrogens is 373 g/mol. The van der Waals surface area contributed by atoms with Gasteiger partial charge in [0, 0.05) is 18.3 Å². The highest BCUT2D eigenvalue weighted by atomic mass is 32.2. The topological polar surface area (TPSA) is 90.5 Å². The number of aromatic nitrogens is 1. The van der Waals surface area contributed by atoms with Gasteiger partial charge in [-0.2, -0.15) is 0 Å². The fraction of sp³-hybridized carbons (Fsp3) is 0.0625. The lowest BCUT2D eigenvalue weighted by atomic mass is 10.1. The molecule has 2 heterocycles. The number of hydrogen-bond donors (Lipinski definition) is 2. The van der Waals surface area contributed by atoms with Crippen molar-refractivity contribution in [3.05, 3.63) is 68.2 Å². The average Bonchev–Trinajstić information content (AvgIpc) is 2.86. The maximum Gasteiger partial charge on any atom is 0.293 e. The zero-order chi connectivity index (χ0) is 19.0. The van der Waals surface area contributed by atoms with Gasteiger partial charge in [-0.25, -0.2) is 13.2 Å². The molecule has 2 aromatic rings. The Kier molecular flexibility index (Phi) is 4.60. The number of halogens is 3. The zero-order valence-electron chi connectivity index (χ0n) is 12.8. The standard InChI is InChI=1S/C16H9F3N2O4S/c17-9-4-10(18)14(23)13(19)8(9)3-11-15(24)21(16(25)26-11)6-7-1-2-12(22)20-5-7/h1-5,23H,6H2,(H,20,22)/b11-3-. The van der Waals surface area contributed by atoms with Crippen molar-refractivity contribution < 1.29 is 27.9 Å². The number of rotatable bonds is 3. The van der Waals surface area contributed by atoms with Crippen LogP contribution in [0.1, 0.15) is 11.1 Å². The summed E-state index contributed by atoms with van der Waals surface area (Å²) in [6.07, 6.45) is 2.06. The first-order chi connectivity index (χ1) is 12.3. The van der Waals surface area contributed by atoms with Crippen molar-refractivity contribution in [1.29, 1.82) is 0 Å². The van der Waals surface area contributed by atoms with Crippen LogP contribution in [-0.4, -0.2) is 26.1 Å². The Balaban J connectivity index is 1.92. The summed E-state index contributed by atoms with van der Waals surface area (Å²) < 4.78 is 40.7. The molecule has 0 radical (unpaired) electrons. The van der Waals surface area contributed by atoms with Crippen molar-refractivity contribution in [3.63, 3.8) is 0 Å². The number of nitrogens with one attached hydrogen (secondary N) is 1. The van der Waals surface area contributed by atoms with Crippen molar-refractivity contribution >= 4 is 29.0 Å². The number of H-pyrrole nitrogens is 1. The molecule has 0 saturated carbocycles. The summed E-state index contributed by atoms with van der Waals surface area (Å²) in [5.74, 6) is -6.58. The van der Waals surface area contributed by atoms with Crippen molar-refractivity contribution in [2.75, 3.05) is 0 Å². The second kappa shape index (κ2) is 6.71. The Morgan fingerprint density at radius 1 is 1.15 bits per heavy atom. The van der Waals surface area contributed by atoms with E-state index in [1.807, 2.05) is 0 Å². The van der Waals surface area contributed by atoms with E-state index in [1.165, 1.54) is 18.3 Å². The van der Waals surface area contributed by atoms with Crippen molar-refractivity contribution in [3.8, 4) is 5.75 Å². The number of pyridine rings is 1. The first kappa shape index (κ1) is 17.8. The fourth-order valence-corrected chi connectivity index (χ4v) is 3.04. The van der Waals surface area contributed by atoms with Crippen LogP contribution in [0.3, 0.4) is 0 Å². The van der Waals surface area contributed by atoms with E-state index in [1.54, 1.807) is 0 Å². The van der Waals surface area contributed by atoms with E-state index in [2.05, 4.69) is 4.98 Å². The minimum atomic E-state index is -1.57. The number of phenols is 1. The Bertz CT molecular complexity index is 999. The smallest absolute Gasteiger partial charge is 0.293 e. The van der Waals surface area contributed by atoms with E-state index in [9.17, 15) is 32.7 Å². The Morgan fingerprint density at radius 2 is 1.88 bits per heavy atom. The van der Waals surface area contributed by atoms with Crippen molar-refractivity contribution in [2.24, 2.45) is 0 Å². The van der Waals surface area contributed by atoms with Gasteiger partial charge in [0.1, 0.15) is 5.82 Å². The lowest BCUT2D eigenvalue weighted by molar-refractivity contribution is -0.123. The predicted molar refractivity (Wildman–Crippen MR) is 86.6 cm³/mol. The summed E-state index contributed by atoms with van der Waals surface area (Å²) in [5, 5.41) is 8.55. The molecule has 0 bridgehead atoms. The van der Waals surface area contributed by atoms with E-state index in [0.717, 1.165) is 11.0 Å². The molecule has 0 aliphatic carbocycles. The third-order valence-electron chi connectivity index (χ3n) is 3.52. The molecule has 0 spiro atoms. The minimum Gasteiger partial charge on any atom is -0.503 e. The lowest BCUT2D eigenvalue weighted by Crippen LogP contribution is -2.27. The molecule has 1 aromatic heterocycles. The van der Waals surface area contributed by atoms with E-state index < -0.39 is 39.9 Å². The highest BCUT2D eigenvalue weighted by Gasteiger charge is 2.35. The maximum absolute atomic E-state index is 13.9. The van der Waals surface area contributed by atoms with Crippen LogP contribution < -0.4 is 5.56 Å². The third kappa shape index (κ3) is 3.23. The van der Waals surface area contributed by atoms with Gasteiger partial charge in [0.05, 0.1) is 17.0 Å². The van der Waals surface area contributed by atoms with Crippen LogP contribution in [-0.2, 0) is 11.3 Å². The van der Waals surface area contributed by atoms with Gasteiger partial charge in [-0.3, -0.25) is 19.3 Å². The SMILES string of the molecule is O=C1S/C(=C\c2c(F)cc(F)c(O)c2F)C(=O)N1Cc1ccc(=O)[nH]c1. The largest absolute Gasteiger partial charge is 0.503 e. The van der Waals surface area contributed by atoms with Gasteiger partial charge in [0.2, 0.25) is 5.56 Å². The quantitative estimate of drug-likeness (QED) is 0.797. The number of imide groups is 1. The molecule has 0 unspecified atom stereocenters. The van der Waals surface area contributed by atoms with Gasteiger partial charge < -0.3 is 10.1 Å². The Hall–Kier alpha value is -3.01. The molecule has 2 N–H and O–H groups in total. The van der Waals surface area contributed by atoms with Crippen molar-refractivity contribution in [2.45, 2.75) is 6.54 Å². The normalized spacial score (nSPS) is 16.0. The summed E-state index contributed by atoms with van der Waals surface area (Å²) in [6.45, 7) is -0.154. The summed E-state index contributed by atoms with van der Waals surface area (Å²) >= 11 is 0.444. The maximum atomic E-state index is 13.9. The molecule has 1 aliphatic rings. The first-order valence-corrected chi connectivity index (χ1v) is 7.89. The van der Waals surface area contributed by atoms with Gasteiger partial charge in [-0.1, -0.05) is 6.07 Å². The number of carbonyl (C=O) groups excluding carboxylic acids is 2. The molecule has 3 rings (SSSR count). The zero-order valence-corrected chi connectivity index (χ0v) is 13.6. The van der Waals surface area contributed by atoms with E-state index >= 15 is 0 Å². The van der Waals surface area contributed by atoms with Gasteiger partial charge in [-0.05, 0) is 23.4 Å². The van der Waals surface area contributed by atoms with E-state index in [-0.39, 0.29) is 23.1 Å². The average molecular weight is 382 g/mol. The second-order valence-electron chi connectivity index (χ2n) is 5.25. The molecular formula is C16H9F3N2O4S. The fourth-order valence-electron chi connectivity index (χ4n) is 2.22. The number of carbonyl (C=O) groups is 2. The number of thioether (sulfide) groups is 1. The summed E-state index contributed by atoms with van der Waals surface area (Å²) in [5.41, 5.74) is -0.728. The molecule has 134 valence electrons. The first-order valence-electron chi connectivity index (χ1n) is 7.07. The number of aromatic hydroxyl groups is 1. The molecule has 1 aromatic carbocycles. The van der Waals surface area contributed by atoms with Crippen LogP contribution in [0.2, 0.25) is 0 Å². The number of phenolic OH excluding ortho intramolecular Hbond substituents is 1. The van der Waals surface area contributed by atoms with Gasteiger partial charge in [-0.15, -0.1) is 0 Å². The molecule has 26 heavy (non-hydrogen) atoms. The lowest BCUT2D eigenvalue weighted by Gasteiger charge is -2.11. The summed E-state index contributed by atoms with van der Waals surface area (Å²) in [4.78, 5) is 38.3. The highest BCUT2D eigenvalue weighted by molar-refractivity contribution is 8.18. The van der Waals surface area contributed by atoms with Crippen LogP contribution in [0.5, 0.6) is 5.75 Å². The predicted octanol–water partition coefficient (Wildman–Crippen LogP) is 2.73. The highest BCUT2D eigenvalue weighted by Crippen LogP contribution is 2.35.